The summed E-state index contributed by atoms with van der Waals surface area (Å²) in [5.41, 5.74) is -0.491. The molecule has 0 aliphatic rings. The lowest BCUT2D eigenvalue weighted by atomic mass is 10.2. The lowest BCUT2D eigenvalue weighted by Crippen LogP contribution is -2.41. The predicted molar refractivity (Wildman–Crippen MR) is 67.3 cm³/mol. The predicted octanol–water partition coefficient (Wildman–Crippen LogP) is 2.77. The van der Waals surface area contributed by atoms with Crippen LogP contribution in [-0.2, 0) is 4.79 Å². The van der Waals surface area contributed by atoms with Crippen molar-refractivity contribution in [3.63, 3.8) is 0 Å². The summed E-state index contributed by atoms with van der Waals surface area (Å²) < 4.78 is 39.6. The summed E-state index contributed by atoms with van der Waals surface area (Å²) in [6.45, 7) is 6.15. The van der Waals surface area contributed by atoms with Gasteiger partial charge in [0.1, 0.15) is 17.5 Å². The quantitative estimate of drug-likeness (QED) is 0.895. The van der Waals surface area contributed by atoms with Crippen LogP contribution in [0.4, 0.5) is 18.9 Å². The van der Waals surface area contributed by atoms with E-state index in [-0.39, 0.29) is 5.91 Å². The van der Waals surface area contributed by atoms with Crippen molar-refractivity contribution in [2.45, 2.75) is 26.8 Å². The van der Waals surface area contributed by atoms with E-state index in [2.05, 4.69) is 5.32 Å². The number of benzene rings is 1. The molecule has 0 aliphatic carbocycles. The molecule has 1 rings (SSSR count). The van der Waals surface area contributed by atoms with Crippen LogP contribution in [0.25, 0.3) is 0 Å². The van der Waals surface area contributed by atoms with E-state index in [1.165, 1.54) is 11.8 Å². The average molecular weight is 274 g/mol. The highest BCUT2D eigenvalue weighted by Gasteiger charge is 2.21. The zero-order chi connectivity index (χ0) is 14.6. The summed E-state index contributed by atoms with van der Waals surface area (Å²) in [4.78, 5) is 13.5. The standard InChI is InChI=1S/C13H17F3N2O/c1-4-18(5-2)13(19)8(3)17-12-10(15)6-9(14)7-11(12)16/h6-8,17H,4-5H2,1-3H3. The Morgan fingerprint density at radius 1 is 1.21 bits per heavy atom. The van der Waals surface area contributed by atoms with E-state index in [0.717, 1.165) is 0 Å². The summed E-state index contributed by atoms with van der Waals surface area (Å²) in [6, 6.07) is 0.342. The largest absolute Gasteiger partial charge is 0.369 e. The van der Waals surface area contributed by atoms with Gasteiger partial charge in [0.2, 0.25) is 5.91 Å². The Morgan fingerprint density at radius 2 is 1.68 bits per heavy atom. The van der Waals surface area contributed by atoms with Gasteiger partial charge in [-0.3, -0.25) is 4.79 Å². The van der Waals surface area contributed by atoms with Gasteiger partial charge < -0.3 is 10.2 Å². The highest BCUT2D eigenvalue weighted by atomic mass is 19.1. The number of hydrogen-bond acceptors (Lipinski definition) is 2. The molecule has 0 saturated carbocycles. The second-order valence-electron chi connectivity index (χ2n) is 4.12. The van der Waals surface area contributed by atoms with E-state index in [9.17, 15) is 18.0 Å². The number of amides is 1. The fraction of sp³-hybridized carbons (Fsp3) is 0.462. The molecule has 0 heterocycles. The van der Waals surface area contributed by atoms with E-state index in [0.29, 0.717) is 25.2 Å². The molecule has 0 spiro atoms. The fourth-order valence-corrected chi connectivity index (χ4v) is 1.77. The van der Waals surface area contributed by atoms with Gasteiger partial charge in [0.05, 0.1) is 0 Å². The van der Waals surface area contributed by atoms with Crippen LogP contribution in [0.5, 0.6) is 0 Å². The molecule has 0 saturated heterocycles. The van der Waals surface area contributed by atoms with Gasteiger partial charge in [-0.05, 0) is 20.8 Å². The van der Waals surface area contributed by atoms with E-state index in [1.807, 2.05) is 13.8 Å². The molecule has 1 amide bonds. The third-order valence-electron chi connectivity index (χ3n) is 2.81. The van der Waals surface area contributed by atoms with Crippen molar-refractivity contribution in [1.29, 1.82) is 0 Å². The summed E-state index contributed by atoms with van der Waals surface area (Å²) >= 11 is 0. The summed E-state index contributed by atoms with van der Waals surface area (Å²) in [6.07, 6.45) is 0. The molecule has 1 aromatic rings. The first-order valence-electron chi connectivity index (χ1n) is 6.10. The molecular weight excluding hydrogens is 257 g/mol. The molecule has 0 fully saturated rings. The number of hydrogen-bond donors (Lipinski definition) is 1. The lowest BCUT2D eigenvalue weighted by Gasteiger charge is -2.24. The minimum Gasteiger partial charge on any atom is -0.369 e. The molecule has 1 N–H and O–H groups in total. The average Bonchev–Trinajstić information content (AvgIpc) is 2.34. The maximum absolute atomic E-state index is 13.4. The molecule has 0 bridgehead atoms. The van der Waals surface area contributed by atoms with Gasteiger partial charge in [-0.15, -0.1) is 0 Å². The molecule has 3 nitrogen and oxygen atoms in total. The van der Waals surface area contributed by atoms with Crippen LogP contribution >= 0.6 is 0 Å². The number of rotatable bonds is 5. The molecule has 106 valence electrons. The van der Waals surface area contributed by atoms with Gasteiger partial charge in [-0.2, -0.15) is 0 Å². The van der Waals surface area contributed by atoms with E-state index >= 15 is 0 Å². The third-order valence-corrected chi connectivity index (χ3v) is 2.81. The van der Waals surface area contributed by atoms with Gasteiger partial charge in [0, 0.05) is 25.2 Å². The van der Waals surface area contributed by atoms with Gasteiger partial charge in [-0.25, -0.2) is 13.2 Å². The van der Waals surface area contributed by atoms with Crippen molar-refractivity contribution < 1.29 is 18.0 Å². The van der Waals surface area contributed by atoms with E-state index in [4.69, 9.17) is 0 Å². The van der Waals surface area contributed by atoms with Crippen LogP contribution < -0.4 is 5.32 Å². The number of nitrogens with one attached hydrogen (secondary N) is 1. The first-order chi connectivity index (χ1) is 8.90. The highest BCUT2D eigenvalue weighted by Crippen LogP contribution is 2.21. The molecule has 1 unspecified atom stereocenters. The Hall–Kier alpha value is -1.72. The monoisotopic (exact) mass is 274 g/mol. The second-order valence-corrected chi connectivity index (χ2v) is 4.12. The number of carbonyl (C=O) groups is 1. The topological polar surface area (TPSA) is 32.3 Å². The Balaban J connectivity index is 2.88. The minimum atomic E-state index is -1.06. The van der Waals surface area contributed by atoms with Gasteiger partial charge in [0.25, 0.3) is 0 Å². The van der Waals surface area contributed by atoms with Crippen molar-refractivity contribution in [1.82, 2.24) is 4.90 Å². The Kier molecular flexibility index (Phi) is 5.20. The number of likely N-dealkylation sites (N-methyl/N-ethyl adjacent to an activating group) is 1. The normalized spacial score (nSPS) is 12.1. The van der Waals surface area contributed by atoms with Crippen LogP contribution in [0.1, 0.15) is 20.8 Å². The van der Waals surface area contributed by atoms with Crippen molar-refractivity contribution in [3.05, 3.63) is 29.6 Å². The lowest BCUT2D eigenvalue weighted by molar-refractivity contribution is -0.131. The number of carbonyl (C=O) groups excluding carboxylic acids is 1. The molecule has 1 aromatic carbocycles. The molecule has 6 heteroatoms. The molecule has 0 aliphatic heterocycles. The zero-order valence-electron chi connectivity index (χ0n) is 11.1. The number of halogens is 3. The second kappa shape index (κ2) is 6.45. The number of anilines is 1. The summed E-state index contributed by atoms with van der Waals surface area (Å²) in [7, 11) is 0. The van der Waals surface area contributed by atoms with Crippen LogP contribution in [0.3, 0.4) is 0 Å². The minimum absolute atomic E-state index is 0.270. The van der Waals surface area contributed by atoms with Crippen LogP contribution in [0.15, 0.2) is 12.1 Å². The van der Waals surface area contributed by atoms with E-state index in [1.54, 1.807) is 0 Å². The summed E-state index contributed by atoms with van der Waals surface area (Å²) in [5, 5.41) is 2.45. The maximum atomic E-state index is 13.4. The zero-order valence-corrected chi connectivity index (χ0v) is 11.1. The smallest absolute Gasteiger partial charge is 0.244 e. The maximum Gasteiger partial charge on any atom is 0.244 e. The Labute approximate surface area is 110 Å². The van der Waals surface area contributed by atoms with Gasteiger partial charge in [0.15, 0.2) is 11.6 Å². The Morgan fingerprint density at radius 3 is 2.11 bits per heavy atom. The SMILES string of the molecule is CCN(CC)C(=O)C(C)Nc1c(F)cc(F)cc1F. The van der Waals surface area contributed by atoms with Gasteiger partial charge in [-0.1, -0.05) is 0 Å². The fourth-order valence-electron chi connectivity index (χ4n) is 1.77. The first kappa shape index (κ1) is 15.3. The van der Waals surface area contributed by atoms with E-state index < -0.39 is 29.2 Å². The summed E-state index contributed by atoms with van der Waals surface area (Å²) in [5.74, 6) is -3.38. The van der Waals surface area contributed by atoms with Crippen molar-refractivity contribution in [2.75, 3.05) is 18.4 Å². The van der Waals surface area contributed by atoms with Crippen LogP contribution in [0.2, 0.25) is 0 Å². The van der Waals surface area contributed by atoms with Crippen molar-refractivity contribution in [2.24, 2.45) is 0 Å². The highest BCUT2D eigenvalue weighted by molar-refractivity contribution is 5.84. The number of nitrogens with zero attached hydrogens (tertiary/aromatic N) is 1. The molecular formula is C13H17F3N2O. The van der Waals surface area contributed by atoms with Crippen LogP contribution in [0, 0.1) is 17.5 Å². The van der Waals surface area contributed by atoms with Crippen molar-refractivity contribution >= 4 is 11.6 Å². The van der Waals surface area contributed by atoms with Crippen molar-refractivity contribution in [3.8, 4) is 0 Å². The molecule has 0 aromatic heterocycles. The molecule has 19 heavy (non-hydrogen) atoms. The Bertz CT molecular complexity index is 438. The van der Waals surface area contributed by atoms with Crippen LogP contribution in [-0.4, -0.2) is 29.9 Å². The third kappa shape index (κ3) is 3.62. The first-order valence-corrected chi connectivity index (χ1v) is 6.10. The molecule has 1 atom stereocenters. The molecule has 0 radical (unpaired) electrons. The van der Waals surface area contributed by atoms with Gasteiger partial charge >= 0.3 is 0 Å².